The molecule has 0 spiro atoms. The van der Waals surface area contributed by atoms with Crippen LogP contribution < -0.4 is 14.4 Å². The Morgan fingerprint density at radius 1 is 1.10 bits per heavy atom. The number of benzene rings is 2. The van der Waals surface area contributed by atoms with Crippen LogP contribution in [-0.4, -0.2) is 47.6 Å². The van der Waals surface area contributed by atoms with Crippen LogP contribution in [0.3, 0.4) is 0 Å². The van der Waals surface area contributed by atoms with Crippen molar-refractivity contribution in [1.29, 1.82) is 0 Å². The summed E-state index contributed by atoms with van der Waals surface area (Å²) in [7, 11) is -0.957. The van der Waals surface area contributed by atoms with Crippen molar-refractivity contribution in [3.8, 4) is 5.75 Å². The highest BCUT2D eigenvalue weighted by Gasteiger charge is 2.24. The van der Waals surface area contributed by atoms with E-state index in [4.69, 9.17) is 9.47 Å². The minimum Gasteiger partial charge on any atom is -0.495 e. The molecule has 0 unspecified atom stereocenters. The molecule has 160 valence electrons. The van der Waals surface area contributed by atoms with Gasteiger partial charge in [0.1, 0.15) is 12.3 Å². The Labute approximate surface area is 175 Å². The maximum atomic E-state index is 12.9. The number of hydrogen-bond donors (Lipinski definition) is 1. The van der Waals surface area contributed by atoms with Crippen LogP contribution in [0, 0.1) is 5.92 Å². The number of carbonyl (C=O) groups is 2. The smallest absolute Gasteiger partial charge is 0.325 e. The minimum atomic E-state index is -3.85. The molecule has 1 fully saturated rings. The molecule has 0 atom stereocenters. The van der Waals surface area contributed by atoms with Crippen LogP contribution in [0.15, 0.2) is 53.4 Å². The molecule has 3 rings (SSSR count). The van der Waals surface area contributed by atoms with Crippen molar-refractivity contribution in [2.45, 2.75) is 17.7 Å². The lowest BCUT2D eigenvalue weighted by atomic mass is 10.2. The van der Waals surface area contributed by atoms with Gasteiger partial charge in [-0.3, -0.25) is 13.9 Å². The Morgan fingerprint density at radius 3 is 2.40 bits per heavy atom. The third kappa shape index (κ3) is 5.10. The van der Waals surface area contributed by atoms with Gasteiger partial charge < -0.3 is 14.8 Å². The van der Waals surface area contributed by atoms with Crippen molar-refractivity contribution in [1.82, 2.24) is 5.32 Å². The Morgan fingerprint density at radius 2 is 1.77 bits per heavy atom. The van der Waals surface area contributed by atoms with Crippen molar-refractivity contribution in [3.05, 3.63) is 54.1 Å². The molecule has 1 amide bonds. The van der Waals surface area contributed by atoms with E-state index in [0.29, 0.717) is 24.0 Å². The molecule has 1 aliphatic rings. The second kappa shape index (κ2) is 9.17. The van der Waals surface area contributed by atoms with Gasteiger partial charge in [-0.05, 0) is 55.2 Å². The predicted octanol–water partition coefficient (Wildman–Crippen LogP) is 2.20. The Balaban J connectivity index is 1.64. The largest absolute Gasteiger partial charge is 0.495 e. The van der Waals surface area contributed by atoms with Crippen molar-refractivity contribution >= 4 is 27.6 Å². The fourth-order valence-corrected chi connectivity index (χ4v) is 3.96. The fourth-order valence-electron chi connectivity index (χ4n) is 2.76. The molecule has 30 heavy (non-hydrogen) atoms. The van der Waals surface area contributed by atoms with Gasteiger partial charge in [0.05, 0.1) is 24.3 Å². The van der Waals surface area contributed by atoms with Gasteiger partial charge in [-0.1, -0.05) is 12.1 Å². The summed E-state index contributed by atoms with van der Waals surface area (Å²) in [4.78, 5) is 23.9. The number of carbonyl (C=O) groups excluding carboxylic acids is 2. The molecule has 0 radical (unpaired) electrons. The number of nitrogens with one attached hydrogen (secondary N) is 1. The zero-order chi connectivity index (χ0) is 21.7. The molecule has 2 aromatic rings. The van der Waals surface area contributed by atoms with Gasteiger partial charge in [-0.25, -0.2) is 8.42 Å². The molecule has 0 aromatic heterocycles. The van der Waals surface area contributed by atoms with Gasteiger partial charge in [0.25, 0.3) is 15.9 Å². The van der Waals surface area contributed by atoms with Crippen LogP contribution >= 0.6 is 0 Å². The normalized spacial score (nSPS) is 13.4. The van der Waals surface area contributed by atoms with Crippen molar-refractivity contribution in [2.75, 3.05) is 31.6 Å². The highest BCUT2D eigenvalue weighted by atomic mass is 32.2. The molecule has 8 nitrogen and oxygen atoms in total. The van der Waals surface area contributed by atoms with Crippen molar-refractivity contribution in [2.24, 2.45) is 5.92 Å². The summed E-state index contributed by atoms with van der Waals surface area (Å²) in [6.45, 7) is 0.156. The first-order chi connectivity index (χ1) is 14.3. The summed E-state index contributed by atoms with van der Waals surface area (Å²) in [6, 6.07) is 12.3. The predicted molar refractivity (Wildman–Crippen MR) is 111 cm³/mol. The summed E-state index contributed by atoms with van der Waals surface area (Å²) < 4.78 is 37.3. The summed E-state index contributed by atoms with van der Waals surface area (Å²) >= 11 is 0. The van der Waals surface area contributed by atoms with Gasteiger partial charge in [-0.2, -0.15) is 0 Å². The highest BCUT2D eigenvalue weighted by Crippen LogP contribution is 2.31. The quantitative estimate of drug-likeness (QED) is 0.610. The average Bonchev–Trinajstić information content (AvgIpc) is 3.60. The lowest BCUT2D eigenvalue weighted by Gasteiger charge is -2.21. The summed E-state index contributed by atoms with van der Waals surface area (Å²) in [5, 5.41) is 2.47. The second-order valence-electron chi connectivity index (χ2n) is 6.98. The molecular formula is C21H24N2O6S. The molecule has 0 aliphatic heterocycles. The van der Waals surface area contributed by atoms with Crippen molar-refractivity contribution < 1.29 is 27.5 Å². The Kier molecular flexibility index (Phi) is 6.61. The minimum absolute atomic E-state index is 0.0244. The molecule has 1 saturated carbocycles. The number of hydrogen-bond acceptors (Lipinski definition) is 6. The monoisotopic (exact) mass is 432 g/mol. The first-order valence-corrected chi connectivity index (χ1v) is 10.9. The molecule has 0 saturated heterocycles. The van der Waals surface area contributed by atoms with Gasteiger partial charge >= 0.3 is 5.97 Å². The second-order valence-corrected chi connectivity index (χ2v) is 8.95. The number of nitrogens with zero attached hydrogens (tertiary/aromatic N) is 1. The third-order valence-electron chi connectivity index (χ3n) is 4.77. The van der Waals surface area contributed by atoms with E-state index in [1.807, 2.05) is 0 Å². The van der Waals surface area contributed by atoms with Crippen LogP contribution in [-0.2, 0) is 19.6 Å². The van der Waals surface area contributed by atoms with E-state index in [9.17, 15) is 18.0 Å². The Bertz CT molecular complexity index is 1020. The molecule has 9 heteroatoms. The van der Waals surface area contributed by atoms with Gasteiger partial charge in [0.15, 0.2) is 0 Å². The first-order valence-electron chi connectivity index (χ1n) is 9.48. The van der Waals surface area contributed by atoms with Crippen LogP contribution in [0.25, 0.3) is 0 Å². The summed E-state index contributed by atoms with van der Waals surface area (Å²) in [6.07, 6.45) is 2.14. The van der Waals surface area contributed by atoms with Gasteiger partial charge in [0.2, 0.25) is 0 Å². The van der Waals surface area contributed by atoms with E-state index in [2.05, 4.69) is 5.32 Å². The number of esters is 1. The zero-order valence-corrected chi connectivity index (χ0v) is 17.6. The van der Waals surface area contributed by atoms with E-state index in [1.165, 1.54) is 38.4 Å². The number of anilines is 1. The Hall–Kier alpha value is -3.07. The van der Waals surface area contributed by atoms with E-state index in [0.717, 1.165) is 17.1 Å². The maximum Gasteiger partial charge on any atom is 0.325 e. The first kappa shape index (κ1) is 21.6. The number of ether oxygens (including phenoxy) is 2. The lowest BCUT2D eigenvalue weighted by molar-refractivity contribution is -0.142. The zero-order valence-electron chi connectivity index (χ0n) is 16.8. The molecule has 1 aliphatic carbocycles. The summed E-state index contributed by atoms with van der Waals surface area (Å²) in [5.74, 6) is -0.102. The topological polar surface area (TPSA) is 102 Å². The highest BCUT2D eigenvalue weighted by molar-refractivity contribution is 7.92. The standard InChI is InChI=1S/C21H24N2O6S/c1-23(18-5-3-4-6-19(18)28-2)30(26,27)17-11-9-16(10-12-17)21(25)22-13-20(24)29-14-15-7-8-15/h3-6,9-12,15H,7-8,13-14H2,1-2H3,(H,22,25). The SMILES string of the molecule is COc1ccccc1N(C)S(=O)(=O)c1ccc(C(=O)NCC(=O)OCC2CC2)cc1. The van der Waals surface area contributed by atoms with E-state index < -0.39 is 21.9 Å². The molecule has 0 heterocycles. The van der Waals surface area contributed by atoms with E-state index in [-0.39, 0.29) is 17.0 Å². The maximum absolute atomic E-state index is 12.9. The van der Waals surface area contributed by atoms with Gasteiger partial charge in [-0.15, -0.1) is 0 Å². The number of amides is 1. The average molecular weight is 432 g/mol. The lowest BCUT2D eigenvalue weighted by Crippen LogP contribution is -2.31. The third-order valence-corrected chi connectivity index (χ3v) is 6.56. The molecular weight excluding hydrogens is 408 g/mol. The van der Waals surface area contributed by atoms with Crippen LogP contribution in [0.5, 0.6) is 5.75 Å². The van der Waals surface area contributed by atoms with Crippen LogP contribution in [0.1, 0.15) is 23.2 Å². The summed E-state index contributed by atoms with van der Waals surface area (Å²) in [5.41, 5.74) is 0.635. The number of rotatable bonds is 9. The van der Waals surface area contributed by atoms with E-state index >= 15 is 0 Å². The number of methoxy groups -OCH3 is 1. The number of sulfonamides is 1. The van der Waals surface area contributed by atoms with Gasteiger partial charge in [0, 0.05) is 12.6 Å². The van der Waals surface area contributed by atoms with Crippen LogP contribution in [0.4, 0.5) is 5.69 Å². The molecule has 1 N–H and O–H groups in total. The molecule has 0 bridgehead atoms. The van der Waals surface area contributed by atoms with Crippen molar-refractivity contribution in [3.63, 3.8) is 0 Å². The molecule has 2 aromatic carbocycles. The fraction of sp³-hybridized carbons (Fsp3) is 0.333. The van der Waals surface area contributed by atoms with E-state index in [1.54, 1.807) is 24.3 Å². The number of para-hydroxylation sites is 2. The van der Waals surface area contributed by atoms with Crippen LogP contribution in [0.2, 0.25) is 0 Å².